The number of sulfonamides is 1. The zero-order chi connectivity index (χ0) is 16.0. The second-order valence-corrected chi connectivity index (χ2v) is 7.06. The quantitative estimate of drug-likeness (QED) is 0.660. The summed E-state index contributed by atoms with van der Waals surface area (Å²) in [5.74, 6) is 0. The number of aromatic nitrogens is 2. The third-order valence-corrected chi connectivity index (χ3v) is 5.52. The van der Waals surface area contributed by atoms with Crippen LogP contribution in [0.15, 0.2) is 4.90 Å². The van der Waals surface area contributed by atoms with E-state index in [0.717, 1.165) is 13.0 Å². The van der Waals surface area contributed by atoms with Gasteiger partial charge in [0.15, 0.2) is 0 Å². The number of hydrogen-bond acceptors (Lipinski definition) is 5. The summed E-state index contributed by atoms with van der Waals surface area (Å²) in [5, 5.41) is 10.1. The molecule has 2 N–H and O–H groups in total. The molecule has 8 heteroatoms. The Morgan fingerprint density at radius 2 is 2.14 bits per heavy atom. The third kappa shape index (κ3) is 4.26. The number of nitrogens with one attached hydrogen (secondary N) is 2. The van der Waals surface area contributed by atoms with Crippen molar-refractivity contribution in [3.05, 3.63) is 11.4 Å². The monoisotopic (exact) mass is 318 g/mol. The van der Waals surface area contributed by atoms with Crippen molar-refractivity contribution in [3.63, 3.8) is 0 Å². The molecule has 0 radical (unpaired) electrons. The van der Waals surface area contributed by atoms with Gasteiger partial charge in [0.1, 0.15) is 4.90 Å². The van der Waals surface area contributed by atoms with Crippen molar-refractivity contribution in [3.8, 4) is 0 Å². The Kier molecular flexibility index (Phi) is 6.79. The second-order valence-electron chi connectivity index (χ2n) is 5.13. The highest BCUT2D eigenvalue weighted by Gasteiger charge is 2.31. The molecule has 0 saturated heterocycles. The molecule has 0 bridgehead atoms. The van der Waals surface area contributed by atoms with Crippen molar-refractivity contribution in [2.45, 2.75) is 44.7 Å². The second kappa shape index (κ2) is 7.88. The van der Waals surface area contributed by atoms with Crippen LogP contribution >= 0.6 is 0 Å². The molecule has 1 atom stereocenters. The van der Waals surface area contributed by atoms with Crippen LogP contribution in [0.3, 0.4) is 0 Å². The highest BCUT2D eigenvalue weighted by atomic mass is 32.2. The molecule has 0 spiro atoms. The van der Waals surface area contributed by atoms with Gasteiger partial charge < -0.3 is 10.1 Å². The Morgan fingerprint density at radius 3 is 2.71 bits per heavy atom. The summed E-state index contributed by atoms with van der Waals surface area (Å²) in [5.41, 5.74) is 1.08. The standard InChI is InChI=1S/C13H26N4O3S/c1-6-7-14-8-12-13(11(3)15-16-12)21(18,19)17(4)10(2)9-20-5/h10,14H,6-9H2,1-5H3,(H,15,16). The molecule has 0 aromatic carbocycles. The Bertz CT molecular complexity index is 542. The van der Waals surface area contributed by atoms with Crippen LogP contribution in [0.1, 0.15) is 31.7 Å². The molecule has 0 aliphatic rings. The number of methoxy groups -OCH3 is 1. The summed E-state index contributed by atoms with van der Waals surface area (Å²) in [6, 6.07) is -0.245. The zero-order valence-electron chi connectivity index (χ0n) is 13.4. The van der Waals surface area contributed by atoms with E-state index in [-0.39, 0.29) is 10.9 Å². The molecule has 1 aromatic rings. The molecule has 0 saturated carbocycles. The average molecular weight is 318 g/mol. The smallest absolute Gasteiger partial charge is 0.246 e. The van der Waals surface area contributed by atoms with E-state index in [1.807, 2.05) is 6.92 Å². The van der Waals surface area contributed by atoms with Crippen molar-refractivity contribution in [1.29, 1.82) is 0 Å². The van der Waals surface area contributed by atoms with Crippen molar-refractivity contribution >= 4 is 10.0 Å². The molecule has 1 aromatic heterocycles. The molecular weight excluding hydrogens is 292 g/mol. The molecule has 21 heavy (non-hydrogen) atoms. The summed E-state index contributed by atoms with van der Waals surface area (Å²) in [4.78, 5) is 0.261. The van der Waals surface area contributed by atoms with Gasteiger partial charge in [0.25, 0.3) is 0 Å². The van der Waals surface area contributed by atoms with E-state index in [9.17, 15) is 8.42 Å². The number of likely N-dealkylation sites (N-methyl/N-ethyl adjacent to an activating group) is 1. The summed E-state index contributed by atoms with van der Waals surface area (Å²) < 4.78 is 31.9. The highest BCUT2D eigenvalue weighted by Crippen LogP contribution is 2.22. The summed E-state index contributed by atoms with van der Waals surface area (Å²) in [6.45, 7) is 7.18. The van der Waals surface area contributed by atoms with Gasteiger partial charge in [-0.2, -0.15) is 9.40 Å². The Hall–Kier alpha value is -0.960. The van der Waals surface area contributed by atoms with Gasteiger partial charge in [-0.1, -0.05) is 6.92 Å². The molecule has 7 nitrogen and oxygen atoms in total. The van der Waals surface area contributed by atoms with E-state index in [0.29, 0.717) is 24.5 Å². The number of hydrogen-bond donors (Lipinski definition) is 2. The summed E-state index contributed by atoms with van der Waals surface area (Å²) in [7, 11) is -0.476. The van der Waals surface area contributed by atoms with Crippen LogP contribution in [0.2, 0.25) is 0 Å². The van der Waals surface area contributed by atoms with Crippen LogP contribution in [0.5, 0.6) is 0 Å². The number of aryl methyl sites for hydroxylation is 1. The van der Waals surface area contributed by atoms with Gasteiger partial charge in [0, 0.05) is 26.7 Å². The third-order valence-electron chi connectivity index (χ3n) is 3.35. The summed E-state index contributed by atoms with van der Waals surface area (Å²) >= 11 is 0. The number of ether oxygens (including phenoxy) is 1. The first-order chi connectivity index (χ1) is 9.86. The van der Waals surface area contributed by atoms with Crippen LogP contribution in [0.25, 0.3) is 0 Å². The van der Waals surface area contributed by atoms with Crippen molar-refractivity contribution < 1.29 is 13.2 Å². The van der Waals surface area contributed by atoms with Crippen LogP contribution in [0.4, 0.5) is 0 Å². The van der Waals surface area contributed by atoms with Gasteiger partial charge in [-0.3, -0.25) is 5.10 Å². The topological polar surface area (TPSA) is 87.3 Å². The van der Waals surface area contributed by atoms with Crippen LogP contribution in [-0.4, -0.2) is 56.3 Å². The van der Waals surface area contributed by atoms with E-state index in [1.165, 1.54) is 4.31 Å². The molecule has 122 valence electrons. The van der Waals surface area contributed by atoms with Gasteiger partial charge >= 0.3 is 0 Å². The lowest BCUT2D eigenvalue weighted by atomic mass is 10.3. The molecular formula is C13H26N4O3S. The molecule has 0 fully saturated rings. The van der Waals surface area contributed by atoms with Gasteiger partial charge in [-0.25, -0.2) is 8.42 Å². The van der Waals surface area contributed by atoms with E-state index in [4.69, 9.17) is 4.74 Å². The molecule has 0 amide bonds. The lowest BCUT2D eigenvalue weighted by molar-refractivity contribution is 0.149. The molecule has 0 aliphatic heterocycles. The number of nitrogens with zero attached hydrogens (tertiary/aromatic N) is 2. The fraction of sp³-hybridized carbons (Fsp3) is 0.769. The first-order valence-corrected chi connectivity index (χ1v) is 8.51. The normalized spacial score (nSPS) is 13.8. The molecule has 1 rings (SSSR count). The lowest BCUT2D eigenvalue weighted by Crippen LogP contribution is -2.38. The first-order valence-electron chi connectivity index (χ1n) is 7.07. The van der Waals surface area contributed by atoms with Crippen molar-refractivity contribution in [2.24, 2.45) is 0 Å². The predicted molar refractivity (Wildman–Crippen MR) is 81.6 cm³/mol. The molecule has 1 unspecified atom stereocenters. The Balaban J connectivity index is 3.04. The van der Waals surface area contributed by atoms with Crippen molar-refractivity contribution in [2.75, 3.05) is 27.3 Å². The minimum atomic E-state index is -3.60. The van der Waals surface area contributed by atoms with Crippen LogP contribution < -0.4 is 5.32 Å². The van der Waals surface area contributed by atoms with E-state index in [2.05, 4.69) is 22.4 Å². The molecule has 0 aliphatic carbocycles. The minimum Gasteiger partial charge on any atom is -0.383 e. The highest BCUT2D eigenvalue weighted by molar-refractivity contribution is 7.89. The maximum absolute atomic E-state index is 12.8. The van der Waals surface area contributed by atoms with Crippen LogP contribution in [0, 0.1) is 6.92 Å². The molecule has 1 heterocycles. The average Bonchev–Trinajstić information content (AvgIpc) is 2.80. The SMILES string of the molecule is CCCNCc1n[nH]c(C)c1S(=O)(=O)N(C)C(C)COC. The fourth-order valence-corrected chi connectivity index (χ4v) is 3.71. The van der Waals surface area contributed by atoms with E-state index < -0.39 is 10.0 Å². The largest absolute Gasteiger partial charge is 0.383 e. The number of H-pyrrole nitrogens is 1. The van der Waals surface area contributed by atoms with E-state index in [1.54, 1.807) is 21.1 Å². The van der Waals surface area contributed by atoms with E-state index >= 15 is 0 Å². The summed E-state index contributed by atoms with van der Waals surface area (Å²) in [6.07, 6.45) is 0.982. The van der Waals surface area contributed by atoms with Gasteiger partial charge in [0.05, 0.1) is 18.0 Å². The van der Waals surface area contributed by atoms with Gasteiger partial charge in [-0.05, 0) is 26.8 Å². The first kappa shape index (κ1) is 18.1. The van der Waals surface area contributed by atoms with Gasteiger partial charge in [-0.15, -0.1) is 0 Å². The number of rotatable bonds is 9. The van der Waals surface area contributed by atoms with Crippen LogP contribution in [-0.2, 0) is 21.3 Å². The Morgan fingerprint density at radius 1 is 1.48 bits per heavy atom. The number of aromatic amines is 1. The Labute approximate surface area is 127 Å². The van der Waals surface area contributed by atoms with Gasteiger partial charge in [0.2, 0.25) is 10.0 Å². The fourth-order valence-electron chi connectivity index (χ4n) is 2.04. The lowest BCUT2D eigenvalue weighted by Gasteiger charge is -2.24. The maximum Gasteiger partial charge on any atom is 0.246 e. The zero-order valence-corrected chi connectivity index (χ0v) is 14.2. The minimum absolute atomic E-state index is 0.245. The predicted octanol–water partition coefficient (Wildman–Crippen LogP) is 0.873. The maximum atomic E-state index is 12.8. The van der Waals surface area contributed by atoms with Crippen molar-refractivity contribution in [1.82, 2.24) is 19.8 Å².